The monoisotopic (exact) mass is 316 g/mol. The van der Waals surface area contributed by atoms with E-state index < -0.39 is 0 Å². The largest absolute Gasteiger partial charge is 0.355 e. The van der Waals surface area contributed by atoms with Gasteiger partial charge in [-0.3, -0.25) is 9.59 Å². The van der Waals surface area contributed by atoms with Crippen molar-refractivity contribution in [1.82, 2.24) is 10.2 Å². The lowest BCUT2D eigenvalue weighted by Crippen LogP contribution is -2.41. The lowest BCUT2D eigenvalue weighted by atomic mass is 10.0. The van der Waals surface area contributed by atoms with E-state index in [1.807, 2.05) is 0 Å². The van der Waals surface area contributed by atoms with E-state index in [4.69, 9.17) is 0 Å². The summed E-state index contributed by atoms with van der Waals surface area (Å²) < 4.78 is 0. The fraction of sp³-hybridized carbons (Fsp3) is 0.684. The minimum Gasteiger partial charge on any atom is -0.355 e. The van der Waals surface area contributed by atoms with E-state index in [1.54, 1.807) is 0 Å². The van der Waals surface area contributed by atoms with Gasteiger partial charge in [0.1, 0.15) is 0 Å². The minimum atomic E-state index is 0.128. The summed E-state index contributed by atoms with van der Waals surface area (Å²) >= 11 is 0. The van der Waals surface area contributed by atoms with Crippen LogP contribution in [0.5, 0.6) is 0 Å². The zero-order valence-corrected chi connectivity index (χ0v) is 13.9. The SMILES string of the molecule is O=C(NC[C@H]1CCCCN(C(=O)C2CC=CC2)C1)C1CC=CC1. The molecule has 0 aromatic heterocycles. The number of nitrogens with zero attached hydrogens (tertiary/aromatic N) is 1. The van der Waals surface area contributed by atoms with Crippen molar-refractivity contribution in [2.24, 2.45) is 17.8 Å². The topological polar surface area (TPSA) is 49.4 Å². The number of rotatable bonds is 4. The Hall–Kier alpha value is -1.58. The molecule has 4 heteroatoms. The summed E-state index contributed by atoms with van der Waals surface area (Å²) in [5, 5.41) is 3.12. The van der Waals surface area contributed by atoms with Crippen LogP contribution in [0.3, 0.4) is 0 Å². The molecule has 0 radical (unpaired) electrons. The summed E-state index contributed by atoms with van der Waals surface area (Å²) in [6.45, 7) is 2.40. The zero-order chi connectivity index (χ0) is 16.1. The number of hydrogen-bond acceptors (Lipinski definition) is 2. The molecule has 1 heterocycles. The molecular formula is C19H28N2O2. The predicted octanol–water partition coefficient (Wildman–Crippen LogP) is 2.66. The van der Waals surface area contributed by atoms with Crippen molar-refractivity contribution in [2.45, 2.75) is 44.9 Å². The fourth-order valence-corrected chi connectivity index (χ4v) is 3.89. The Morgan fingerprint density at radius 2 is 1.61 bits per heavy atom. The summed E-state index contributed by atoms with van der Waals surface area (Å²) in [7, 11) is 0. The van der Waals surface area contributed by atoms with Crippen molar-refractivity contribution < 1.29 is 9.59 Å². The molecule has 2 aliphatic carbocycles. The Kier molecular flexibility index (Phi) is 5.52. The number of nitrogens with one attached hydrogen (secondary N) is 1. The van der Waals surface area contributed by atoms with Crippen LogP contribution in [0.4, 0.5) is 0 Å². The molecule has 3 rings (SSSR count). The van der Waals surface area contributed by atoms with Gasteiger partial charge in [-0.15, -0.1) is 0 Å². The standard InChI is InChI=1S/C19H28N2O2/c22-18(16-8-1-2-9-16)20-13-15-7-5-6-12-21(14-15)19(23)17-10-3-4-11-17/h1-4,15-17H,5-14H2,(H,20,22)/t15-/m1/s1. The summed E-state index contributed by atoms with van der Waals surface area (Å²) in [5.41, 5.74) is 0. The van der Waals surface area contributed by atoms with E-state index >= 15 is 0 Å². The van der Waals surface area contributed by atoms with E-state index in [0.717, 1.165) is 58.0 Å². The van der Waals surface area contributed by atoms with Gasteiger partial charge >= 0.3 is 0 Å². The van der Waals surface area contributed by atoms with Gasteiger partial charge in [-0.2, -0.15) is 0 Å². The molecule has 1 aliphatic heterocycles. The molecule has 0 spiro atoms. The van der Waals surface area contributed by atoms with Gasteiger partial charge in [0.05, 0.1) is 0 Å². The summed E-state index contributed by atoms with van der Waals surface area (Å²) in [6.07, 6.45) is 15.3. The van der Waals surface area contributed by atoms with Crippen LogP contribution in [0.2, 0.25) is 0 Å². The van der Waals surface area contributed by atoms with Gasteiger partial charge in [0, 0.05) is 31.5 Å². The smallest absolute Gasteiger partial charge is 0.226 e. The fourth-order valence-electron chi connectivity index (χ4n) is 3.89. The van der Waals surface area contributed by atoms with E-state index in [0.29, 0.717) is 18.4 Å². The van der Waals surface area contributed by atoms with Crippen molar-refractivity contribution in [3.8, 4) is 0 Å². The van der Waals surface area contributed by atoms with Crippen molar-refractivity contribution in [1.29, 1.82) is 0 Å². The van der Waals surface area contributed by atoms with Crippen LogP contribution in [0.25, 0.3) is 0 Å². The van der Waals surface area contributed by atoms with Crippen LogP contribution < -0.4 is 5.32 Å². The minimum absolute atomic E-state index is 0.128. The first-order chi connectivity index (χ1) is 11.2. The Balaban J connectivity index is 1.48. The van der Waals surface area contributed by atoms with Crippen molar-refractivity contribution in [3.63, 3.8) is 0 Å². The number of likely N-dealkylation sites (tertiary alicyclic amines) is 1. The molecule has 2 amide bonds. The maximum atomic E-state index is 12.6. The Morgan fingerprint density at radius 3 is 2.30 bits per heavy atom. The van der Waals surface area contributed by atoms with Gasteiger partial charge in [0.25, 0.3) is 0 Å². The first-order valence-electron chi connectivity index (χ1n) is 9.10. The summed E-state index contributed by atoms with van der Waals surface area (Å²) in [4.78, 5) is 26.8. The molecule has 1 saturated heterocycles. The van der Waals surface area contributed by atoms with Crippen molar-refractivity contribution in [3.05, 3.63) is 24.3 Å². The zero-order valence-electron chi connectivity index (χ0n) is 13.9. The van der Waals surface area contributed by atoms with E-state index in [2.05, 4.69) is 34.5 Å². The second kappa shape index (κ2) is 7.80. The lowest BCUT2D eigenvalue weighted by molar-refractivity contribution is -0.135. The second-order valence-electron chi connectivity index (χ2n) is 7.17. The molecule has 0 aromatic carbocycles. The summed E-state index contributed by atoms with van der Waals surface area (Å²) in [6, 6.07) is 0. The first-order valence-corrected chi connectivity index (χ1v) is 9.10. The van der Waals surface area contributed by atoms with Crippen LogP contribution in [0.1, 0.15) is 44.9 Å². The predicted molar refractivity (Wildman–Crippen MR) is 90.7 cm³/mol. The number of amides is 2. The number of hydrogen-bond donors (Lipinski definition) is 1. The van der Waals surface area contributed by atoms with Crippen LogP contribution in [-0.2, 0) is 9.59 Å². The van der Waals surface area contributed by atoms with Gasteiger partial charge < -0.3 is 10.2 Å². The molecule has 1 N–H and O–H groups in total. The highest BCUT2D eigenvalue weighted by atomic mass is 16.2. The molecule has 0 bridgehead atoms. The van der Waals surface area contributed by atoms with Crippen LogP contribution in [0.15, 0.2) is 24.3 Å². The Labute approximate surface area is 139 Å². The third kappa shape index (κ3) is 4.24. The summed E-state index contributed by atoms with van der Waals surface area (Å²) in [5.74, 6) is 1.18. The van der Waals surface area contributed by atoms with E-state index in [1.165, 1.54) is 0 Å². The van der Waals surface area contributed by atoms with Gasteiger partial charge in [-0.25, -0.2) is 0 Å². The number of carbonyl (C=O) groups is 2. The molecule has 1 atom stereocenters. The average molecular weight is 316 g/mol. The van der Waals surface area contributed by atoms with Gasteiger partial charge in [-0.1, -0.05) is 30.7 Å². The molecule has 23 heavy (non-hydrogen) atoms. The molecule has 3 aliphatic rings. The van der Waals surface area contributed by atoms with E-state index in [9.17, 15) is 9.59 Å². The molecule has 126 valence electrons. The van der Waals surface area contributed by atoms with Crippen LogP contribution in [-0.4, -0.2) is 36.3 Å². The lowest BCUT2D eigenvalue weighted by Gasteiger charge is -2.27. The van der Waals surface area contributed by atoms with Gasteiger partial charge in [0.2, 0.25) is 11.8 Å². The van der Waals surface area contributed by atoms with Crippen molar-refractivity contribution in [2.75, 3.05) is 19.6 Å². The number of allylic oxidation sites excluding steroid dienone is 4. The normalized spacial score (nSPS) is 25.7. The van der Waals surface area contributed by atoms with E-state index in [-0.39, 0.29) is 17.7 Å². The van der Waals surface area contributed by atoms with Gasteiger partial charge in [0.15, 0.2) is 0 Å². The Bertz CT molecular complexity index is 482. The average Bonchev–Trinajstić information content (AvgIpc) is 3.23. The quantitative estimate of drug-likeness (QED) is 0.811. The van der Waals surface area contributed by atoms with Crippen LogP contribution in [0, 0.1) is 17.8 Å². The molecular weight excluding hydrogens is 288 g/mol. The first kappa shape index (κ1) is 16.3. The van der Waals surface area contributed by atoms with Gasteiger partial charge in [-0.05, 0) is 44.4 Å². The molecule has 0 aromatic rings. The highest BCUT2D eigenvalue weighted by Gasteiger charge is 2.28. The van der Waals surface area contributed by atoms with Crippen LogP contribution >= 0.6 is 0 Å². The third-order valence-electron chi connectivity index (χ3n) is 5.38. The van der Waals surface area contributed by atoms with Crippen molar-refractivity contribution >= 4 is 11.8 Å². The maximum Gasteiger partial charge on any atom is 0.226 e. The molecule has 1 fully saturated rings. The highest BCUT2D eigenvalue weighted by molar-refractivity contribution is 5.80. The molecule has 0 saturated carbocycles. The number of carbonyl (C=O) groups excluding carboxylic acids is 2. The second-order valence-corrected chi connectivity index (χ2v) is 7.17. The molecule has 4 nitrogen and oxygen atoms in total. The third-order valence-corrected chi connectivity index (χ3v) is 5.38. The Morgan fingerprint density at radius 1 is 0.957 bits per heavy atom. The highest BCUT2D eigenvalue weighted by Crippen LogP contribution is 2.24. The maximum absolute atomic E-state index is 12.6. The molecule has 0 unspecified atom stereocenters.